The average molecular weight is 266 g/mol. The number of aromatic hydroxyl groups is 1. The van der Waals surface area contributed by atoms with Crippen molar-refractivity contribution in [3.8, 4) is 5.75 Å². The predicted octanol–water partition coefficient (Wildman–Crippen LogP) is 3.40. The summed E-state index contributed by atoms with van der Waals surface area (Å²) in [5, 5.41) is 10.4. The molecule has 2 aromatic carbocycles. The molecule has 0 aliphatic rings. The molecule has 0 aliphatic heterocycles. The van der Waals surface area contributed by atoms with Crippen molar-refractivity contribution in [3.05, 3.63) is 75.6 Å². The first-order valence-corrected chi connectivity index (χ1v) is 6.44. The first-order chi connectivity index (χ1) is 9.65. The van der Waals surface area contributed by atoms with Crippen molar-refractivity contribution in [1.29, 1.82) is 0 Å². The number of hydrogen-bond acceptors (Lipinski definition) is 3. The van der Waals surface area contributed by atoms with Gasteiger partial charge in [0.15, 0.2) is 0 Å². The molecule has 0 aliphatic carbocycles. The second-order valence-corrected chi connectivity index (χ2v) is 4.84. The molecule has 1 N–H and O–H groups in total. The standard InChI is InChI=1S/C17H14O3/c1-11-15(9-12-5-3-2-4-6-12)14-8-7-13(18)10-16(14)20-17(11)19/h2-8,10,18H,9H2,1H3. The lowest BCUT2D eigenvalue weighted by Crippen LogP contribution is -2.08. The third-order valence-electron chi connectivity index (χ3n) is 3.48. The summed E-state index contributed by atoms with van der Waals surface area (Å²) < 4.78 is 5.24. The van der Waals surface area contributed by atoms with E-state index in [-0.39, 0.29) is 11.4 Å². The van der Waals surface area contributed by atoms with E-state index >= 15 is 0 Å². The maximum atomic E-state index is 11.9. The van der Waals surface area contributed by atoms with Gasteiger partial charge in [0.25, 0.3) is 0 Å². The zero-order valence-corrected chi connectivity index (χ0v) is 11.1. The summed E-state index contributed by atoms with van der Waals surface area (Å²) in [6.45, 7) is 1.77. The maximum Gasteiger partial charge on any atom is 0.339 e. The van der Waals surface area contributed by atoms with Crippen LogP contribution in [0.5, 0.6) is 5.75 Å². The van der Waals surface area contributed by atoms with Crippen LogP contribution in [0.15, 0.2) is 57.7 Å². The molecule has 0 bridgehead atoms. The normalized spacial score (nSPS) is 10.8. The van der Waals surface area contributed by atoms with Crippen molar-refractivity contribution < 1.29 is 9.52 Å². The number of phenolic OH excluding ortho intramolecular Hbond substituents is 1. The molecule has 0 unspecified atom stereocenters. The Labute approximate surface area is 116 Å². The summed E-state index contributed by atoms with van der Waals surface area (Å²) in [7, 11) is 0. The van der Waals surface area contributed by atoms with E-state index in [2.05, 4.69) is 0 Å². The number of rotatable bonds is 2. The van der Waals surface area contributed by atoms with Gasteiger partial charge in [-0.25, -0.2) is 4.79 Å². The highest BCUT2D eigenvalue weighted by atomic mass is 16.4. The Morgan fingerprint density at radius 2 is 1.85 bits per heavy atom. The van der Waals surface area contributed by atoms with E-state index in [0.29, 0.717) is 17.6 Å². The zero-order chi connectivity index (χ0) is 14.1. The molecule has 3 heteroatoms. The second kappa shape index (κ2) is 4.85. The minimum absolute atomic E-state index is 0.0927. The SMILES string of the molecule is Cc1c(Cc2ccccc2)c2ccc(O)cc2oc1=O. The van der Waals surface area contributed by atoms with Crippen molar-refractivity contribution in [3.63, 3.8) is 0 Å². The van der Waals surface area contributed by atoms with Crippen LogP contribution in [-0.2, 0) is 6.42 Å². The lowest BCUT2D eigenvalue weighted by atomic mass is 9.98. The average Bonchev–Trinajstić information content (AvgIpc) is 2.45. The van der Waals surface area contributed by atoms with Crippen molar-refractivity contribution in [2.24, 2.45) is 0 Å². The minimum Gasteiger partial charge on any atom is -0.508 e. The fourth-order valence-electron chi connectivity index (χ4n) is 2.37. The molecule has 0 spiro atoms. The molecule has 3 rings (SSSR count). The second-order valence-electron chi connectivity index (χ2n) is 4.84. The van der Waals surface area contributed by atoms with Crippen LogP contribution in [0.25, 0.3) is 11.0 Å². The van der Waals surface area contributed by atoms with Gasteiger partial charge in [-0.3, -0.25) is 0 Å². The van der Waals surface area contributed by atoms with Crippen LogP contribution in [0.1, 0.15) is 16.7 Å². The van der Waals surface area contributed by atoms with Crippen LogP contribution in [-0.4, -0.2) is 5.11 Å². The summed E-state index contributed by atoms with van der Waals surface area (Å²) in [6, 6.07) is 14.8. The first kappa shape index (κ1) is 12.5. The third kappa shape index (κ3) is 2.18. The highest BCUT2D eigenvalue weighted by Gasteiger charge is 2.12. The molecule has 0 fully saturated rings. The first-order valence-electron chi connectivity index (χ1n) is 6.44. The summed E-state index contributed by atoms with van der Waals surface area (Å²) in [5.41, 5.74) is 2.77. The maximum absolute atomic E-state index is 11.9. The molecule has 100 valence electrons. The molecular formula is C17H14O3. The molecule has 3 nitrogen and oxygen atoms in total. The quantitative estimate of drug-likeness (QED) is 0.723. The van der Waals surface area contributed by atoms with Crippen molar-refractivity contribution in [2.45, 2.75) is 13.3 Å². The highest BCUT2D eigenvalue weighted by Crippen LogP contribution is 2.25. The van der Waals surface area contributed by atoms with E-state index in [1.54, 1.807) is 19.1 Å². The fourth-order valence-corrected chi connectivity index (χ4v) is 2.37. The highest BCUT2D eigenvalue weighted by molar-refractivity contribution is 5.82. The van der Waals surface area contributed by atoms with E-state index in [1.165, 1.54) is 6.07 Å². The number of phenols is 1. The Balaban J connectivity index is 2.23. The fraction of sp³-hybridized carbons (Fsp3) is 0.118. The van der Waals surface area contributed by atoms with Crippen LogP contribution < -0.4 is 5.63 Å². The molecule has 0 saturated heterocycles. The van der Waals surface area contributed by atoms with Gasteiger partial charge in [0.1, 0.15) is 11.3 Å². The molecule has 1 aromatic heterocycles. The predicted molar refractivity (Wildman–Crippen MR) is 78.1 cm³/mol. The molecule has 0 radical (unpaired) electrons. The molecule has 0 atom stereocenters. The minimum atomic E-state index is -0.353. The summed E-state index contributed by atoms with van der Waals surface area (Å²) in [5.74, 6) is 0.0927. The van der Waals surface area contributed by atoms with Crippen LogP contribution in [0.4, 0.5) is 0 Å². The summed E-state index contributed by atoms with van der Waals surface area (Å²) >= 11 is 0. The molecule has 1 heterocycles. The van der Waals surface area contributed by atoms with Gasteiger partial charge in [-0.2, -0.15) is 0 Å². The lowest BCUT2D eigenvalue weighted by molar-refractivity contribution is 0.473. The van der Waals surface area contributed by atoms with Gasteiger partial charge in [-0.15, -0.1) is 0 Å². The Kier molecular flexibility index (Phi) is 3.03. The Morgan fingerprint density at radius 3 is 2.60 bits per heavy atom. The smallest absolute Gasteiger partial charge is 0.339 e. The van der Waals surface area contributed by atoms with Gasteiger partial charge in [0, 0.05) is 17.0 Å². The van der Waals surface area contributed by atoms with Gasteiger partial charge in [-0.1, -0.05) is 30.3 Å². The molecule has 0 amide bonds. The van der Waals surface area contributed by atoms with Gasteiger partial charge < -0.3 is 9.52 Å². The van der Waals surface area contributed by atoms with E-state index in [9.17, 15) is 9.90 Å². The third-order valence-corrected chi connectivity index (χ3v) is 3.48. The van der Waals surface area contributed by atoms with Crippen LogP contribution in [0.2, 0.25) is 0 Å². The molecule has 0 saturated carbocycles. The van der Waals surface area contributed by atoms with Crippen LogP contribution in [0, 0.1) is 6.92 Å². The largest absolute Gasteiger partial charge is 0.508 e. The molecule has 3 aromatic rings. The van der Waals surface area contributed by atoms with Gasteiger partial charge in [0.05, 0.1) is 0 Å². The van der Waals surface area contributed by atoms with Gasteiger partial charge in [0.2, 0.25) is 0 Å². The number of benzene rings is 2. The molecular weight excluding hydrogens is 252 g/mol. The van der Waals surface area contributed by atoms with E-state index in [1.807, 2.05) is 30.3 Å². The summed E-state index contributed by atoms with van der Waals surface area (Å²) in [6.07, 6.45) is 0.666. The Hall–Kier alpha value is -2.55. The van der Waals surface area contributed by atoms with Gasteiger partial charge >= 0.3 is 5.63 Å². The molecule has 20 heavy (non-hydrogen) atoms. The van der Waals surface area contributed by atoms with Crippen molar-refractivity contribution in [2.75, 3.05) is 0 Å². The van der Waals surface area contributed by atoms with Crippen molar-refractivity contribution in [1.82, 2.24) is 0 Å². The number of fused-ring (bicyclic) bond motifs is 1. The number of hydrogen-bond donors (Lipinski definition) is 1. The summed E-state index contributed by atoms with van der Waals surface area (Å²) in [4.78, 5) is 11.9. The van der Waals surface area contributed by atoms with E-state index in [4.69, 9.17) is 4.42 Å². The zero-order valence-electron chi connectivity index (χ0n) is 11.1. The van der Waals surface area contributed by atoms with E-state index < -0.39 is 0 Å². The van der Waals surface area contributed by atoms with Crippen LogP contribution >= 0.6 is 0 Å². The van der Waals surface area contributed by atoms with Crippen LogP contribution in [0.3, 0.4) is 0 Å². The lowest BCUT2D eigenvalue weighted by Gasteiger charge is -2.09. The Morgan fingerprint density at radius 1 is 1.10 bits per heavy atom. The van der Waals surface area contributed by atoms with Gasteiger partial charge in [-0.05, 0) is 36.6 Å². The Bertz CT molecular complexity index is 817. The van der Waals surface area contributed by atoms with E-state index in [0.717, 1.165) is 16.5 Å². The monoisotopic (exact) mass is 266 g/mol. The topological polar surface area (TPSA) is 50.4 Å². The van der Waals surface area contributed by atoms with Crippen molar-refractivity contribution >= 4 is 11.0 Å².